The summed E-state index contributed by atoms with van der Waals surface area (Å²) >= 11 is 3.07. The van der Waals surface area contributed by atoms with Crippen LogP contribution in [0.5, 0.6) is 0 Å². The van der Waals surface area contributed by atoms with E-state index in [0.717, 1.165) is 19.4 Å². The highest BCUT2D eigenvalue weighted by atomic mass is 79.9. The quantitative estimate of drug-likeness (QED) is 0.921. The number of carbonyl (C=O) groups excluding carboxylic acids is 1. The zero-order valence-corrected chi connectivity index (χ0v) is 12.4. The van der Waals surface area contributed by atoms with Crippen molar-refractivity contribution in [2.75, 3.05) is 13.2 Å². The monoisotopic (exact) mass is 329 g/mol. The molecule has 1 fully saturated rings. The van der Waals surface area contributed by atoms with E-state index in [2.05, 4.69) is 28.2 Å². The van der Waals surface area contributed by atoms with Crippen LogP contribution in [0.1, 0.15) is 30.1 Å². The van der Waals surface area contributed by atoms with E-state index in [1.165, 1.54) is 12.1 Å². The lowest BCUT2D eigenvalue weighted by molar-refractivity contribution is 0.0826. The van der Waals surface area contributed by atoms with Crippen LogP contribution in [0.2, 0.25) is 0 Å². The molecular weight excluding hydrogens is 313 g/mol. The molecule has 5 heteroatoms. The van der Waals surface area contributed by atoms with Crippen molar-refractivity contribution in [3.63, 3.8) is 0 Å². The number of hydrogen-bond donors (Lipinski definition) is 1. The molecule has 1 amide bonds. The van der Waals surface area contributed by atoms with E-state index >= 15 is 0 Å². The molecule has 1 aliphatic rings. The molecule has 1 heterocycles. The molecule has 1 aliphatic heterocycles. The summed E-state index contributed by atoms with van der Waals surface area (Å²) in [5, 5.41) is 2.85. The maximum absolute atomic E-state index is 13.4. The molecule has 2 rings (SSSR count). The Morgan fingerprint density at radius 3 is 3.05 bits per heavy atom. The van der Waals surface area contributed by atoms with Crippen LogP contribution in [0.15, 0.2) is 22.7 Å². The molecule has 104 valence electrons. The number of nitrogens with one attached hydrogen (secondary N) is 1. The number of ether oxygens (including phenoxy) is 1. The lowest BCUT2D eigenvalue weighted by atomic mass is 9.99. The second-order valence-electron chi connectivity index (χ2n) is 4.71. The van der Waals surface area contributed by atoms with E-state index in [0.29, 0.717) is 22.5 Å². The number of amides is 1. The second-order valence-corrected chi connectivity index (χ2v) is 5.56. The first-order valence-electron chi connectivity index (χ1n) is 6.46. The Hall–Kier alpha value is -0.940. The van der Waals surface area contributed by atoms with Gasteiger partial charge in [0.25, 0.3) is 5.91 Å². The summed E-state index contributed by atoms with van der Waals surface area (Å²) in [7, 11) is 0. The molecular formula is C14H17BrFNO2. The molecule has 1 aromatic carbocycles. The Balaban J connectivity index is 1.92. The average Bonchev–Trinajstić information content (AvgIpc) is 2.86. The van der Waals surface area contributed by atoms with Crippen LogP contribution in [-0.2, 0) is 4.74 Å². The van der Waals surface area contributed by atoms with E-state index in [9.17, 15) is 9.18 Å². The van der Waals surface area contributed by atoms with Crippen LogP contribution >= 0.6 is 15.9 Å². The third-order valence-corrected chi connectivity index (χ3v) is 4.10. The average molecular weight is 330 g/mol. The smallest absolute Gasteiger partial charge is 0.251 e. The van der Waals surface area contributed by atoms with Crippen LogP contribution in [-0.4, -0.2) is 25.2 Å². The molecule has 2 atom stereocenters. The minimum Gasteiger partial charge on any atom is -0.378 e. The Bertz CT molecular complexity index is 467. The topological polar surface area (TPSA) is 38.3 Å². The summed E-state index contributed by atoms with van der Waals surface area (Å²) in [5.41, 5.74) is 0.340. The molecule has 0 aliphatic carbocycles. The van der Waals surface area contributed by atoms with Gasteiger partial charge < -0.3 is 10.1 Å². The first-order valence-corrected chi connectivity index (χ1v) is 7.26. The standard InChI is InChI=1S/C14H17BrFNO2/c1-2-13-10(5-6-19-13)8-17-14(18)9-3-4-11(15)12(16)7-9/h3-4,7,10,13H,2,5-6,8H2,1H3,(H,17,18). The highest BCUT2D eigenvalue weighted by molar-refractivity contribution is 9.10. The molecule has 0 bridgehead atoms. The van der Waals surface area contributed by atoms with Crippen molar-refractivity contribution >= 4 is 21.8 Å². The summed E-state index contributed by atoms with van der Waals surface area (Å²) < 4.78 is 19.3. The van der Waals surface area contributed by atoms with Crippen LogP contribution in [0.25, 0.3) is 0 Å². The fourth-order valence-electron chi connectivity index (χ4n) is 2.34. The fourth-order valence-corrected chi connectivity index (χ4v) is 2.59. The van der Waals surface area contributed by atoms with Gasteiger partial charge >= 0.3 is 0 Å². The normalized spacial score (nSPS) is 22.5. The Morgan fingerprint density at radius 2 is 2.37 bits per heavy atom. The van der Waals surface area contributed by atoms with E-state index in [-0.39, 0.29) is 12.0 Å². The van der Waals surface area contributed by atoms with Gasteiger partial charge in [-0.05, 0) is 47.0 Å². The number of hydrogen-bond acceptors (Lipinski definition) is 2. The minimum absolute atomic E-state index is 0.224. The third kappa shape index (κ3) is 3.54. The van der Waals surface area contributed by atoms with Crippen LogP contribution in [0, 0.1) is 11.7 Å². The number of carbonyl (C=O) groups is 1. The first-order chi connectivity index (χ1) is 9.11. The lowest BCUT2D eigenvalue weighted by Gasteiger charge is -2.17. The van der Waals surface area contributed by atoms with Crippen molar-refractivity contribution in [1.82, 2.24) is 5.32 Å². The van der Waals surface area contributed by atoms with Crippen molar-refractivity contribution in [3.05, 3.63) is 34.1 Å². The maximum atomic E-state index is 13.4. The molecule has 1 N–H and O–H groups in total. The van der Waals surface area contributed by atoms with E-state index in [1.807, 2.05) is 0 Å². The molecule has 19 heavy (non-hydrogen) atoms. The summed E-state index contributed by atoms with van der Waals surface area (Å²) in [5.74, 6) is -0.314. The molecule has 2 unspecified atom stereocenters. The van der Waals surface area contributed by atoms with Crippen LogP contribution < -0.4 is 5.32 Å². The van der Waals surface area contributed by atoms with Crippen LogP contribution in [0.3, 0.4) is 0 Å². The Labute approximate surface area is 120 Å². The Kier molecular flexibility index (Phi) is 4.93. The van der Waals surface area contributed by atoms with Crippen LogP contribution in [0.4, 0.5) is 4.39 Å². The molecule has 0 aromatic heterocycles. The molecule has 0 spiro atoms. The maximum Gasteiger partial charge on any atom is 0.251 e. The number of halogens is 2. The SMILES string of the molecule is CCC1OCCC1CNC(=O)c1ccc(Br)c(F)c1. The predicted molar refractivity (Wildman–Crippen MR) is 74.6 cm³/mol. The minimum atomic E-state index is -0.428. The summed E-state index contributed by atoms with van der Waals surface area (Å²) in [6, 6.07) is 4.38. The van der Waals surface area contributed by atoms with Crippen molar-refractivity contribution < 1.29 is 13.9 Å². The molecule has 1 aromatic rings. The Morgan fingerprint density at radius 1 is 1.58 bits per heavy atom. The van der Waals surface area contributed by atoms with Gasteiger partial charge in [-0.3, -0.25) is 4.79 Å². The summed E-state index contributed by atoms with van der Waals surface area (Å²) in [6.07, 6.45) is 2.14. The zero-order chi connectivity index (χ0) is 13.8. The highest BCUT2D eigenvalue weighted by Crippen LogP contribution is 2.22. The zero-order valence-electron chi connectivity index (χ0n) is 10.8. The number of benzene rings is 1. The highest BCUT2D eigenvalue weighted by Gasteiger charge is 2.26. The molecule has 1 saturated heterocycles. The van der Waals surface area contributed by atoms with Gasteiger partial charge in [0.1, 0.15) is 5.82 Å². The van der Waals surface area contributed by atoms with Crippen molar-refractivity contribution in [2.45, 2.75) is 25.9 Å². The summed E-state index contributed by atoms with van der Waals surface area (Å²) in [4.78, 5) is 11.9. The van der Waals surface area contributed by atoms with E-state index < -0.39 is 5.82 Å². The fraction of sp³-hybridized carbons (Fsp3) is 0.500. The van der Waals surface area contributed by atoms with Gasteiger partial charge in [-0.25, -0.2) is 4.39 Å². The van der Waals surface area contributed by atoms with Gasteiger partial charge in [0.05, 0.1) is 10.6 Å². The van der Waals surface area contributed by atoms with E-state index in [4.69, 9.17) is 4.74 Å². The van der Waals surface area contributed by atoms with Gasteiger partial charge in [0.15, 0.2) is 0 Å². The second kappa shape index (κ2) is 6.48. The van der Waals surface area contributed by atoms with Gasteiger partial charge in [0.2, 0.25) is 0 Å². The lowest BCUT2D eigenvalue weighted by Crippen LogP contribution is -2.32. The molecule has 0 radical (unpaired) electrons. The van der Waals surface area contributed by atoms with Gasteiger partial charge in [0, 0.05) is 24.6 Å². The first kappa shape index (κ1) is 14.5. The van der Waals surface area contributed by atoms with Gasteiger partial charge in [-0.2, -0.15) is 0 Å². The van der Waals surface area contributed by atoms with E-state index in [1.54, 1.807) is 6.07 Å². The molecule has 3 nitrogen and oxygen atoms in total. The molecule has 0 saturated carbocycles. The van der Waals surface area contributed by atoms with Crippen molar-refractivity contribution in [1.29, 1.82) is 0 Å². The van der Waals surface area contributed by atoms with Gasteiger partial charge in [-0.15, -0.1) is 0 Å². The third-order valence-electron chi connectivity index (χ3n) is 3.46. The number of rotatable bonds is 4. The van der Waals surface area contributed by atoms with Crippen molar-refractivity contribution in [2.24, 2.45) is 5.92 Å². The van der Waals surface area contributed by atoms with Crippen molar-refractivity contribution in [3.8, 4) is 0 Å². The van der Waals surface area contributed by atoms with Gasteiger partial charge in [-0.1, -0.05) is 6.92 Å². The summed E-state index contributed by atoms with van der Waals surface area (Å²) in [6.45, 7) is 3.41. The largest absolute Gasteiger partial charge is 0.378 e. The predicted octanol–water partition coefficient (Wildman–Crippen LogP) is 3.13.